The highest BCUT2D eigenvalue weighted by molar-refractivity contribution is 9.10. The van der Waals surface area contributed by atoms with E-state index in [1.54, 1.807) is 6.07 Å². The smallest absolute Gasteiger partial charge is 0.200 e. The molecule has 0 radical (unpaired) electrons. The van der Waals surface area contributed by atoms with Gasteiger partial charge in [-0.05, 0) is 52.8 Å². The van der Waals surface area contributed by atoms with Crippen LogP contribution >= 0.6 is 39.7 Å². The van der Waals surface area contributed by atoms with Crippen molar-refractivity contribution in [3.05, 3.63) is 27.2 Å². The van der Waals surface area contributed by atoms with Gasteiger partial charge in [-0.25, -0.2) is 0 Å². The van der Waals surface area contributed by atoms with Gasteiger partial charge in [0, 0.05) is 9.50 Å². The molecule has 0 aromatic heterocycles. The topological polar surface area (TPSA) is 76.4 Å². The number of nitrogens with one attached hydrogen (secondary N) is 1. The molecule has 0 saturated carbocycles. The maximum atomic E-state index is 5.88. The summed E-state index contributed by atoms with van der Waals surface area (Å²) in [7, 11) is 0. The molecule has 0 unspecified atom stereocenters. The molecule has 0 amide bonds. The Hall–Kier alpha value is -0.850. The number of hydrogen-bond donors (Lipinski definition) is 3. The molecule has 0 aliphatic carbocycles. The number of anilines is 1. The molecule has 86 valence electrons. The van der Waals surface area contributed by atoms with Crippen molar-refractivity contribution < 1.29 is 0 Å². The third-order valence-electron chi connectivity index (χ3n) is 1.71. The first-order valence-corrected chi connectivity index (χ1v) is 5.84. The van der Waals surface area contributed by atoms with Crippen LogP contribution in [0.4, 0.5) is 5.69 Å². The summed E-state index contributed by atoms with van der Waals surface area (Å²) in [5.41, 5.74) is 12.2. The van der Waals surface area contributed by atoms with Gasteiger partial charge in [0.2, 0.25) is 5.11 Å². The van der Waals surface area contributed by atoms with E-state index in [-0.39, 0.29) is 11.1 Å². The Morgan fingerprint density at radius 1 is 1.50 bits per heavy atom. The average Bonchev–Trinajstić information content (AvgIpc) is 2.09. The van der Waals surface area contributed by atoms with Crippen molar-refractivity contribution in [2.45, 2.75) is 6.92 Å². The zero-order chi connectivity index (χ0) is 12.3. The van der Waals surface area contributed by atoms with Crippen LogP contribution in [0.25, 0.3) is 0 Å². The Balaban J connectivity index is 2.98. The van der Waals surface area contributed by atoms with Crippen molar-refractivity contribution >= 4 is 56.5 Å². The summed E-state index contributed by atoms with van der Waals surface area (Å²) in [6, 6.07) is 3.57. The van der Waals surface area contributed by atoms with E-state index in [1.165, 1.54) is 0 Å². The Bertz CT molecular complexity index is 434. The first-order valence-electron chi connectivity index (χ1n) is 4.26. The fraction of sp³-hybridized carbons (Fsp3) is 0.111. The van der Waals surface area contributed by atoms with E-state index in [0.717, 1.165) is 15.7 Å². The highest BCUT2D eigenvalue weighted by Crippen LogP contribution is 2.30. The van der Waals surface area contributed by atoms with E-state index in [9.17, 15) is 0 Å². The third kappa shape index (κ3) is 3.62. The summed E-state index contributed by atoms with van der Waals surface area (Å²) < 4.78 is 0.797. The molecule has 0 bridgehead atoms. The predicted molar refractivity (Wildman–Crippen MR) is 75.9 cm³/mol. The summed E-state index contributed by atoms with van der Waals surface area (Å²) in [6.07, 6.45) is 0. The normalized spacial score (nSPS) is 9.69. The van der Waals surface area contributed by atoms with Gasteiger partial charge in [0.25, 0.3) is 0 Å². The number of halogens is 2. The number of nitrogens with zero attached hydrogens (tertiary/aromatic N) is 1. The van der Waals surface area contributed by atoms with Gasteiger partial charge < -0.3 is 16.8 Å². The standard InChI is InChI=1S/C9H10BrClN4S/c1-4-2-5(11)3-6(10)7(4)14-9(16)15-8(12)13/h2-3H,1H3,(H5,12,13,14,15,16). The second-order valence-corrected chi connectivity index (χ2v) is 4.72. The number of thiocarbonyl (C=S) groups is 1. The van der Waals surface area contributed by atoms with Crippen LogP contribution in [0.15, 0.2) is 21.6 Å². The zero-order valence-electron chi connectivity index (χ0n) is 8.42. The monoisotopic (exact) mass is 320 g/mol. The van der Waals surface area contributed by atoms with Crippen molar-refractivity contribution in [2.24, 2.45) is 16.5 Å². The summed E-state index contributed by atoms with van der Waals surface area (Å²) >= 11 is 14.2. The van der Waals surface area contributed by atoms with Crippen LogP contribution in [0.1, 0.15) is 5.56 Å². The molecule has 7 heteroatoms. The maximum absolute atomic E-state index is 5.88. The van der Waals surface area contributed by atoms with Crippen LogP contribution in [-0.2, 0) is 0 Å². The molecular weight excluding hydrogens is 312 g/mol. The molecule has 4 nitrogen and oxygen atoms in total. The molecule has 0 aliphatic heterocycles. The molecule has 0 atom stereocenters. The van der Waals surface area contributed by atoms with Gasteiger partial charge in [0.05, 0.1) is 5.69 Å². The number of guanidine groups is 1. The molecule has 1 rings (SSSR count). The fourth-order valence-electron chi connectivity index (χ4n) is 1.11. The van der Waals surface area contributed by atoms with Crippen LogP contribution in [0.3, 0.4) is 0 Å². The Labute approximate surface area is 112 Å². The Morgan fingerprint density at radius 3 is 2.62 bits per heavy atom. The molecule has 0 heterocycles. The minimum atomic E-state index is -0.0831. The van der Waals surface area contributed by atoms with Crippen LogP contribution in [0.5, 0.6) is 0 Å². The Morgan fingerprint density at radius 2 is 2.12 bits per heavy atom. The van der Waals surface area contributed by atoms with Crippen molar-refractivity contribution in [1.82, 2.24) is 0 Å². The summed E-state index contributed by atoms with van der Waals surface area (Å²) in [5.74, 6) is -0.0831. The molecule has 0 saturated heterocycles. The Kier molecular flexibility index (Phi) is 4.52. The minimum Gasteiger partial charge on any atom is -0.370 e. The van der Waals surface area contributed by atoms with Gasteiger partial charge in [0.15, 0.2) is 5.96 Å². The largest absolute Gasteiger partial charge is 0.370 e. The lowest BCUT2D eigenvalue weighted by molar-refractivity contribution is 1.42. The number of benzene rings is 1. The van der Waals surface area contributed by atoms with E-state index in [1.807, 2.05) is 13.0 Å². The van der Waals surface area contributed by atoms with Crippen LogP contribution in [0.2, 0.25) is 5.02 Å². The van der Waals surface area contributed by atoms with Crippen LogP contribution in [0, 0.1) is 6.92 Å². The third-order valence-corrected chi connectivity index (χ3v) is 2.75. The van der Waals surface area contributed by atoms with Crippen molar-refractivity contribution in [3.63, 3.8) is 0 Å². The minimum absolute atomic E-state index is 0.0831. The van der Waals surface area contributed by atoms with Gasteiger partial charge in [-0.3, -0.25) is 0 Å². The van der Waals surface area contributed by atoms with Gasteiger partial charge in [0.1, 0.15) is 0 Å². The van der Waals surface area contributed by atoms with E-state index in [2.05, 4.69) is 26.2 Å². The zero-order valence-corrected chi connectivity index (χ0v) is 11.6. The van der Waals surface area contributed by atoms with E-state index >= 15 is 0 Å². The molecule has 0 spiro atoms. The number of rotatable bonds is 1. The summed E-state index contributed by atoms with van der Waals surface area (Å²) in [6.45, 7) is 1.90. The maximum Gasteiger partial charge on any atom is 0.200 e. The van der Waals surface area contributed by atoms with Crippen LogP contribution in [-0.4, -0.2) is 11.1 Å². The predicted octanol–water partition coefficient (Wildman–Crippen LogP) is 2.38. The summed E-state index contributed by atoms with van der Waals surface area (Å²) in [4.78, 5) is 3.72. The second-order valence-electron chi connectivity index (χ2n) is 3.05. The molecule has 0 aliphatic rings. The van der Waals surface area contributed by atoms with Gasteiger partial charge >= 0.3 is 0 Å². The van der Waals surface area contributed by atoms with Crippen molar-refractivity contribution in [1.29, 1.82) is 0 Å². The number of hydrogen-bond acceptors (Lipinski definition) is 1. The van der Waals surface area contributed by atoms with E-state index in [4.69, 9.17) is 35.3 Å². The van der Waals surface area contributed by atoms with Crippen molar-refractivity contribution in [2.75, 3.05) is 5.32 Å². The SMILES string of the molecule is Cc1cc(Cl)cc(Br)c1NC(=S)N=C(N)N. The van der Waals surface area contributed by atoms with Gasteiger partial charge in [-0.1, -0.05) is 11.6 Å². The lowest BCUT2D eigenvalue weighted by Gasteiger charge is -2.10. The molecule has 5 N–H and O–H groups in total. The van der Waals surface area contributed by atoms with Gasteiger partial charge in [-0.2, -0.15) is 4.99 Å². The van der Waals surface area contributed by atoms with E-state index < -0.39 is 0 Å². The first kappa shape index (κ1) is 13.2. The quantitative estimate of drug-likeness (QED) is 0.422. The summed E-state index contributed by atoms with van der Waals surface area (Å²) in [5, 5.41) is 3.76. The number of aliphatic imine (C=N–C) groups is 1. The molecule has 16 heavy (non-hydrogen) atoms. The number of aryl methyl sites for hydroxylation is 1. The highest BCUT2D eigenvalue weighted by atomic mass is 79.9. The first-order chi connectivity index (χ1) is 7.40. The second kappa shape index (κ2) is 5.47. The van der Waals surface area contributed by atoms with E-state index in [0.29, 0.717) is 5.02 Å². The lowest BCUT2D eigenvalue weighted by Crippen LogP contribution is -2.25. The molecule has 1 aromatic carbocycles. The van der Waals surface area contributed by atoms with Crippen LogP contribution < -0.4 is 16.8 Å². The van der Waals surface area contributed by atoms with Gasteiger partial charge in [-0.15, -0.1) is 0 Å². The highest BCUT2D eigenvalue weighted by Gasteiger charge is 2.06. The van der Waals surface area contributed by atoms with Crippen molar-refractivity contribution in [3.8, 4) is 0 Å². The lowest BCUT2D eigenvalue weighted by atomic mass is 10.2. The molecular formula is C9H10BrClN4S. The average molecular weight is 322 g/mol. The fourth-order valence-corrected chi connectivity index (χ4v) is 2.38. The molecule has 0 fully saturated rings. The molecule has 1 aromatic rings. The number of nitrogens with two attached hydrogens (primary N) is 2.